The van der Waals surface area contributed by atoms with Gasteiger partial charge in [0.15, 0.2) is 0 Å². The fourth-order valence-electron chi connectivity index (χ4n) is 3.17. The third-order valence-corrected chi connectivity index (χ3v) is 4.48. The van der Waals surface area contributed by atoms with Gasteiger partial charge in [-0.15, -0.1) is 0 Å². The first kappa shape index (κ1) is 16.0. The van der Waals surface area contributed by atoms with Gasteiger partial charge in [0.25, 0.3) is 5.91 Å². The van der Waals surface area contributed by atoms with Gasteiger partial charge in [0.05, 0.1) is 0 Å². The molecule has 1 aliphatic rings. The van der Waals surface area contributed by atoms with Gasteiger partial charge in [0.2, 0.25) is 0 Å². The number of aryl methyl sites for hydroxylation is 1. The van der Waals surface area contributed by atoms with Gasteiger partial charge >= 0.3 is 0 Å². The monoisotopic (exact) mass is 288 g/mol. The molecule has 0 aliphatic carbocycles. The predicted octanol–water partition coefficient (Wildman–Crippen LogP) is 3.10. The molecule has 2 rings (SSSR count). The van der Waals surface area contributed by atoms with Crippen molar-refractivity contribution in [1.29, 1.82) is 0 Å². The van der Waals surface area contributed by atoms with Crippen molar-refractivity contribution in [2.24, 2.45) is 5.92 Å². The summed E-state index contributed by atoms with van der Waals surface area (Å²) < 4.78 is 0. The van der Waals surface area contributed by atoms with Crippen LogP contribution in [0.15, 0.2) is 24.3 Å². The second-order valence-corrected chi connectivity index (χ2v) is 6.09. The first-order chi connectivity index (χ1) is 10.2. The summed E-state index contributed by atoms with van der Waals surface area (Å²) >= 11 is 0. The van der Waals surface area contributed by atoms with Crippen LogP contribution in [0.3, 0.4) is 0 Å². The zero-order valence-electron chi connectivity index (χ0n) is 13.6. The van der Waals surface area contributed by atoms with E-state index in [4.69, 9.17) is 0 Å². The Hall–Kier alpha value is -1.35. The highest BCUT2D eigenvalue weighted by atomic mass is 16.2. The Kier molecular flexibility index (Phi) is 5.80. The SMILES string of the molecule is CCCNC1CCN(C(=O)c2ccccc2CC)CC1C. The number of nitrogens with zero attached hydrogens (tertiary/aromatic N) is 1. The van der Waals surface area contributed by atoms with Crippen LogP contribution in [0.5, 0.6) is 0 Å². The minimum Gasteiger partial charge on any atom is -0.338 e. The third-order valence-electron chi connectivity index (χ3n) is 4.48. The molecular weight excluding hydrogens is 260 g/mol. The van der Waals surface area contributed by atoms with Crippen molar-refractivity contribution < 1.29 is 4.79 Å². The average Bonchev–Trinajstić information content (AvgIpc) is 2.53. The summed E-state index contributed by atoms with van der Waals surface area (Å²) in [6.07, 6.45) is 3.13. The summed E-state index contributed by atoms with van der Waals surface area (Å²) in [5.41, 5.74) is 2.04. The van der Waals surface area contributed by atoms with Gasteiger partial charge in [-0.3, -0.25) is 4.79 Å². The lowest BCUT2D eigenvalue weighted by molar-refractivity contribution is 0.0644. The molecule has 1 heterocycles. The number of nitrogens with one attached hydrogen (secondary N) is 1. The molecule has 1 amide bonds. The van der Waals surface area contributed by atoms with E-state index in [1.54, 1.807) is 0 Å². The van der Waals surface area contributed by atoms with Gasteiger partial charge in [0, 0.05) is 24.7 Å². The highest BCUT2D eigenvalue weighted by Crippen LogP contribution is 2.20. The molecule has 0 spiro atoms. The molecule has 21 heavy (non-hydrogen) atoms. The molecule has 0 aromatic heterocycles. The molecule has 1 fully saturated rings. The van der Waals surface area contributed by atoms with E-state index in [-0.39, 0.29) is 5.91 Å². The quantitative estimate of drug-likeness (QED) is 0.903. The number of hydrogen-bond donors (Lipinski definition) is 1. The van der Waals surface area contributed by atoms with Crippen LogP contribution in [-0.2, 0) is 6.42 Å². The smallest absolute Gasteiger partial charge is 0.254 e. The van der Waals surface area contributed by atoms with Crippen molar-refractivity contribution >= 4 is 5.91 Å². The largest absolute Gasteiger partial charge is 0.338 e. The van der Waals surface area contributed by atoms with Crippen LogP contribution in [0.25, 0.3) is 0 Å². The number of amides is 1. The Morgan fingerprint density at radius 2 is 2.10 bits per heavy atom. The van der Waals surface area contributed by atoms with E-state index in [0.717, 1.165) is 50.0 Å². The molecule has 2 unspecified atom stereocenters. The summed E-state index contributed by atoms with van der Waals surface area (Å²) in [5.74, 6) is 0.719. The number of hydrogen-bond acceptors (Lipinski definition) is 2. The van der Waals surface area contributed by atoms with Crippen molar-refractivity contribution in [3.63, 3.8) is 0 Å². The van der Waals surface area contributed by atoms with Crippen molar-refractivity contribution in [3.8, 4) is 0 Å². The zero-order valence-corrected chi connectivity index (χ0v) is 13.6. The molecule has 0 saturated carbocycles. The summed E-state index contributed by atoms with van der Waals surface area (Å²) in [7, 11) is 0. The number of piperidine rings is 1. The molecule has 1 aliphatic heterocycles. The standard InChI is InChI=1S/C18H28N2O/c1-4-11-19-17-10-12-20(13-14(17)3)18(21)16-9-7-6-8-15(16)5-2/h6-9,14,17,19H,4-5,10-13H2,1-3H3. The van der Waals surface area contributed by atoms with E-state index in [1.807, 2.05) is 23.1 Å². The number of likely N-dealkylation sites (tertiary alicyclic amines) is 1. The van der Waals surface area contributed by atoms with Crippen molar-refractivity contribution in [1.82, 2.24) is 10.2 Å². The lowest BCUT2D eigenvalue weighted by Gasteiger charge is -2.37. The van der Waals surface area contributed by atoms with E-state index in [9.17, 15) is 4.79 Å². The van der Waals surface area contributed by atoms with Gasteiger partial charge in [-0.2, -0.15) is 0 Å². The van der Waals surface area contributed by atoms with Crippen LogP contribution in [0.1, 0.15) is 49.5 Å². The van der Waals surface area contributed by atoms with Crippen molar-refractivity contribution in [2.45, 2.75) is 46.1 Å². The van der Waals surface area contributed by atoms with Gasteiger partial charge in [-0.1, -0.05) is 39.0 Å². The second kappa shape index (κ2) is 7.60. The summed E-state index contributed by atoms with van der Waals surface area (Å²) in [6.45, 7) is 9.34. The van der Waals surface area contributed by atoms with Crippen LogP contribution < -0.4 is 5.32 Å². The van der Waals surface area contributed by atoms with E-state index in [2.05, 4.69) is 32.2 Å². The van der Waals surface area contributed by atoms with E-state index >= 15 is 0 Å². The summed E-state index contributed by atoms with van der Waals surface area (Å²) in [4.78, 5) is 14.8. The maximum absolute atomic E-state index is 12.8. The van der Waals surface area contributed by atoms with Gasteiger partial charge < -0.3 is 10.2 Å². The van der Waals surface area contributed by atoms with Gasteiger partial charge in [-0.05, 0) is 43.4 Å². The molecule has 116 valence electrons. The number of carbonyl (C=O) groups is 1. The Bertz CT molecular complexity index is 472. The zero-order chi connectivity index (χ0) is 15.2. The lowest BCUT2D eigenvalue weighted by Crippen LogP contribution is -2.50. The van der Waals surface area contributed by atoms with Gasteiger partial charge in [-0.25, -0.2) is 0 Å². The maximum atomic E-state index is 12.8. The van der Waals surface area contributed by atoms with Crippen LogP contribution in [0.2, 0.25) is 0 Å². The van der Waals surface area contributed by atoms with E-state index in [1.165, 1.54) is 0 Å². The van der Waals surface area contributed by atoms with Crippen LogP contribution >= 0.6 is 0 Å². The molecular formula is C18H28N2O. The summed E-state index contributed by atoms with van der Waals surface area (Å²) in [6, 6.07) is 8.56. The number of benzene rings is 1. The van der Waals surface area contributed by atoms with Crippen LogP contribution in [0.4, 0.5) is 0 Å². The molecule has 1 saturated heterocycles. The Morgan fingerprint density at radius 3 is 2.76 bits per heavy atom. The Balaban J connectivity index is 2.02. The minimum absolute atomic E-state index is 0.202. The van der Waals surface area contributed by atoms with Crippen LogP contribution in [-0.4, -0.2) is 36.5 Å². The third kappa shape index (κ3) is 3.85. The first-order valence-corrected chi connectivity index (χ1v) is 8.27. The molecule has 1 N–H and O–H groups in total. The van der Waals surface area contributed by atoms with Gasteiger partial charge in [0.1, 0.15) is 0 Å². The molecule has 0 bridgehead atoms. The first-order valence-electron chi connectivity index (χ1n) is 8.27. The molecule has 1 aromatic rings. The molecule has 3 nitrogen and oxygen atoms in total. The highest BCUT2D eigenvalue weighted by Gasteiger charge is 2.29. The minimum atomic E-state index is 0.202. The Morgan fingerprint density at radius 1 is 1.33 bits per heavy atom. The number of rotatable bonds is 5. The normalized spacial score (nSPS) is 22.3. The summed E-state index contributed by atoms with van der Waals surface area (Å²) in [5, 5.41) is 3.60. The molecule has 3 heteroatoms. The lowest BCUT2D eigenvalue weighted by atomic mass is 9.92. The highest BCUT2D eigenvalue weighted by molar-refractivity contribution is 5.95. The maximum Gasteiger partial charge on any atom is 0.254 e. The second-order valence-electron chi connectivity index (χ2n) is 6.09. The number of carbonyl (C=O) groups excluding carboxylic acids is 1. The predicted molar refractivity (Wildman–Crippen MR) is 87.6 cm³/mol. The van der Waals surface area contributed by atoms with E-state index in [0.29, 0.717) is 12.0 Å². The molecule has 0 radical (unpaired) electrons. The fraction of sp³-hybridized carbons (Fsp3) is 0.611. The van der Waals surface area contributed by atoms with Crippen molar-refractivity contribution in [3.05, 3.63) is 35.4 Å². The fourth-order valence-corrected chi connectivity index (χ4v) is 3.17. The van der Waals surface area contributed by atoms with Crippen molar-refractivity contribution in [2.75, 3.05) is 19.6 Å². The van der Waals surface area contributed by atoms with E-state index < -0.39 is 0 Å². The molecule has 2 atom stereocenters. The Labute approximate surface area is 128 Å². The van der Waals surface area contributed by atoms with Crippen LogP contribution in [0, 0.1) is 5.92 Å². The topological polar surface area (TPSA) is 32.3 Å². The molecule has 1 aromatic carbocycles. The average molecular weight is 288 g/mol.